The van der Waals surface area contributed by atoms with Gasteiger partial charge in [0.2, 0.25) is 0 Å². The van der Waals surface area contributed by atoms with Crippen LogP contribution in [0, 0.1) is 11.8 Å². The SMILES string of the molecule is CCCc1nc(Cl)cc(NCC2CCC(C)CC2)n1. The Morgan fingerprint density at radius 2 is 2.00 bits per heavy atom. The average molecular weight is 282 g/mol. The minimum absolute atomic E-state index is 0.540. The van der Waals surface area contributed by atoms with Crippen LogP contribution in [0.2, 0.25) is 5.15 Å². The molecule has 0 unspecified atom stereocenters. The topological polar surface area (TPSA) is 37.8 Å². The van der Waals surface area contributed by atoms with Gasteiger partial charge in [-0.1, -0.05) is 38.3 Å². The summed E-state index contributed by atoms with van der Waals surface area (Å²) >= 11 is 6.04. The average Bonchev–Trinajstić information content (AvgIpc) is 2.38. The molecule has 1 fully saturated rings. The summed E-state index contributed by atoms with van der Waals surface area (Å²) in [5.74, 6) is 3.40. The lowest BCUT2D eigenvalue weighted by molar-refractivity contribution is 0.300. The van der Waals surface area contributed by atoms with E-state index in [1.165, 1.54) is 25.7 Å². The second kappa shape index (κ2) is 7.09. The molecule has 2 rings (SSSR count). The fraction of sp³-hybridized carbons (Fsp3) is 0.733. The number of hydrogen-bond acceptors (Lipinski definition) is 3. The van der Waals surface area contributed by atoms with Crippen molar-refractivity contribution in [3.05, 3.63) is 17.0 Å². The Kier molecular flexibility index (Phi) is 5.44. The van der Waals surface area contributed by atoms with Gasteiger partial charge in [0.15, 0.2) is 0 Å². The van der Waals surface area contributed by atoms with E-state index in [4.69, 9.17) is 11.6 Å². The van der Waals surface area contributed by atoms with Gasteiger partial charge in [-0.3, -0.25) is 0 Å². The summed E-state index contributed by atoms with van der Waals surface area (Å²) in [5.41, 5.74) is 0. The zero-order chi connectivity index (χ0) is 13.7. The van der Waals surface area contributed by atoms with Gasteiger partial charge in [-0.15, -0.1) is 0 Å². The van der Waals surface area contributed by atoms with E-state index in [0.717, 1.165) is 42.9 Å². The molecule has 0 saturated heterocycles. The first-order chi connectivity index (χ1) is 9.17. The Morgan fingerprint density at radius 1 is 1.26 bits per heavy atom. The van der Waals surface area contributed by atoms with Crippen molar-refractivity contribution in [2.75, 3.05) is 11.9 Å². The van der Waals surface area contributed by atoms with Crippen LogP contribution in [0.25, 0.3) is 0 Å². The van der Waals surface area contributed by atoms with E-state index in [1.807, 2.05) is 6.07 Å². The molecule has 1 aliphatic carbocycles. The number of hydrogen-bond donors (Lipinski definition) is 1. The molecule has 1 N–H and O–H groups in total. The van der Waals surface area contributed by atoms with Gasteiger partial charge in [0, 0.05) is 19.0 Å². The highest BCUT2D eigenvalue weighted by molar-refractivity contribution is 6.29. The summed E-state index contributed by atoms with van der Waals surface area (Å²) in [6.45, 7) is 5.48. The van der Waals surface area contributed by atoms with Crippen LogP contribution >= 0.6 is 11.6 Å². The molecule has 0 aliphatic heterocycles. The fourth-order valence-electron chi connectivity index (χ4n) is 2.67. The van der Waals surface area contributed by atoms with E-state index in [1.54, 1.807) is 0 Å². The standard InChI is InChI=1S/C15H24ClN3/c1-3-4-14-18-13(16)9-15(19-14)17-10-12-7-5-11(2)6-8-12/h9,11-12H,3-8,10H2,1-2H3,(H,17,18,19). The molecular weight excluding hydrogens is 258 g/mol. The Hall–Kier alpha value is -0.830. The first-order valence-electron chi connectivity index (χ1n) is 7.44. The molecular formula is C15H24ClN3. The van der Waals surface area contributed by atoms with Crippen LogP contribution in [-0.4, -0.2) is 16.5 Å². The molecule has 1 aromatic rings. The van der Waals surface area contributed by atoms with Crippen LogP contribution < -0.4 is 5.32 Å². The molecule has 0 aromatic carbocycles. The number of rotatable bonds is 5. The van der Waals surface area contributed by atoms with E-state index in [0.29, 0.717) is 5.15 Å². The second-order valence-corrected chi connectivity index (χ2v) is 6.14. The van der Waals surface area contributed by atoms with Crippen LogP contribution in [0.4, 0.5) is 5.82 Å². The highest BCUT2D eigenvalue weighted by Crippen LogP contribution is 2.28. The van der Waals surface area contributed by atoms with Gasteiger partial charge in [0.1, 0.15) is 16.8 Å². The first kappa shape index (κ1) is 14.6. The number of nitrogens with zero attached hydrogens (tertiary/aromatic N) is 2. The molecule has 0 bridgehead atoms. The van der Waals surface area contributed by atoms with Crippen molar-refractivity contribution in [2.24, 2.45) is 11.8 Å². The largest absolute Gasteiger partial charge is 0.370 e. The maximum absolute atomic E-state index is 6.04. The van der Waals surface area contributed by atoms with E-state index < -0.39 is 0 Å². The highest BCUT2D eigenvalue weighted by Gasteiger charge is 2.18. The molecule has 3 nitrogen and oxygen atoms in total. The smallest absolute Gasteiger partial charge is 0.134 e. The number of nitrogens with one attached hydrogen (secondary N) is 1. The molecule has 1 aromatic heterocycles. The molecule has 0 amide bonds. The van der Waals surface area contributed by atoms with Gasteiger partial charge in [0.05, 0.1) is 0 Å². The van der Waals surface area contributed by atoms with Crippen molar-refractivity contribution in [3.63, 3.8) is 0 Å². The molecule has 1 aliphatic rings. The van der Waals surface area contributed by atoms with Crippen molar-refractivity contribution in [1.29, 1.82) is 0 Å². The minimum Gasteiger partial charge on any atom is -0.370 e. The number of aryl methyl sites for hydroxylation is 1. The second-order valence-electron chi connectivity index (χ2n) is 5.75. The third-order valence-corrected chi connectivity index (χ3v) is 4.12. The minimum atomic E-state index is 0.540. The molecule has 1 saturated carbocycles. The zero-order valence-electron chi connectivity index (χ0n) is 12.0. The number of aromatic nitrogens is 2. The summed E-state index contributed by atoms with van der Waals surface area (Å²) in [6.07, 6.45) is 7.30. The molecule has 4 heteroatoms. The summed E-state index contributed by atoms with van der Waals surface area (Å²) in [5, 5.41) is 3.97. The van der Waals surface area contributed by atoms with Gasteiger partial charge in [-0.2, -0.15) is 0 Å². The predicted molar refractivity (Wildman–Crippen MR) is 80.6 cm³/mol. The van der Waals surface area contributed by atoms with Crippen LogP contribution in [0.15, 0.2) is 6.07 Å². The van der Waals surface area contributed by atoms with Gasteiger partial charge >= 0.3 is 0 Å². The van der Waals surface area contributed by atoms with Crippen molar-refractivity contribution in [2.45, 2.75) is 52.4 Å². The van der Waals surface area contributed by atoms with E-state index in [-0.39, 0.29) is 0 Å². The molecule has 0 spiro atoms. The Labute approximate surface area is 121 Å². The van der Waals surface area contributed by atoms with Crippen LogP contribution in [0.3, 0.4) is 0 Å². The van der Waals surface area contributed by atoms with Gasteiger partial charge in [-0.25, -0.2) is 9.97 Å². The van der Waals surface area contributed by atoms with Crippen LogP contribution in [0.1, 0.15) is 51.8 Å². The van der Waals surface area contributed by atoms with E-state index in [9.17, 15) is 0 Å². The van der Waals surface area contributed by atoms with Crippen molar-refractivity contribution < 1.29 is 0 Å². The Bertz CT molecular complexity index is 400. The summed E-state index contributed by atoms with van der Waals surface area (Å²) in [4.78, 5) is 8.76. The summed E-state index contributed by atoms with van der Waals surface area (Å²) in [7, 11) is 0. The highest BCUT2D eigenvalue weighted by atomic mass is 35.5. The van der Waals surface area contributed by atoms with E-state index >= 15 is 0 Å². The van der Waals surface area contributed by atoms with Crippen molar-refractivity contribution >= 4 is 17.4 Å². The molecule has 19 heavy (non-hydrogen) atoms. The van der Waals surface area contributed by atoms with Crippen molar-refractivity contribution in [1.82, 2.24) is 9.97 Å². The normalized spacial score (nSPS) is 23.3. The molecule has 106 valence electrons. The Morgan fingerprint density at radius 3 is 2.68 bits per heavy atom. The van der Waals surface area contributed by atoms with E-state index in [2.05, 4.69) is 29.1 Å². The molecule has 1 heterocycles. The van der Waals surface area contributed by atoms with Crippen LogP contribution in [-0.2, 0) is 6.42 Å². The van der Waals surface area contributed by atoms with Gasteiger partial charge in [-0.05, 0) is 31.1 Å². The third kappa shape index (κ3) is 4.64. The quantitative estimate of drug-likeness (QED) is 0.817. The molecule has 0 radical (unpaired) electrons. The lowest BCUT2D eigenvalue weighted by Gasteiger charge is -2.26. The monoisotopic (exact) mass is 281 g/mol. The fourth-order valence-corrected chi connectivity index (χ4v) is 2.87. The predicted octanol–water partition coefficient (Wildman–Crippen LogP) is 4.32. The van der Waals surface area contributed by atoms with Crippen LogP contribution in [0.5, 0.6) is 0 Å². The first-order valence-corrected chi connectivity index (χ1v) is 7.82. The van der Waals surface area contributed by atoms with Gasteiger partial charge < -0.3 is 5.32 Å². The number of anilines is 1. The zero-order valence-corrected chi connectivity index (χ0v) is 12.7. The van der Waals surface area contributed by atoms with Crippen molar-refractivity contribution in [3.8, 4) is 0 Å². The molecule has 0 atom stereocenters. The lowest BCUT2D eigenvalue weighted by Crippen LogP contribution is -2.20. The number of halogens is 1. The third-order valence-electron chi connectivity index (χ3n) is 3.92. The maximum Gasteiger partial charge on any atom is 0.134 e. The Balaban J connectivity index is 1.88. The van der Waals surface area contributed by atoms with Gasteiger partial charge in [0.25, 0.3) is 0 Å². The summed E-state index contributed by atoms with van der Waals surface area (Å²) < 4.78 is 0. The maximum atomic E-state index is 6.04. The summed E-state index contributed by atoms with van der Waals surface area (Å²) in [6, 6.07) is 1.83. The lowest BCUT2D eigenvalue weighted by atomic mass is 9.83.